The van der Waals surface area contributed by atoms with Crippen LogP contribution in [-0.2, 0) is 0 Å². The van der Waals surface area contributed by atoms with Crippen LogP contribution in [0.4, 0.5) is 0 Å². The van der Waals surface area contributed by atoms with Crippen molar-refractivity contribution in [2.24, 2.45) is 0 Å². The van der Waals surface area contributed by atoms with Crippen LogP contribution in [0.1, 0.15) is 44.2 Å². The van der Waals surface area contributed by atoms with E-state index in [0.29, 0.717) is 5.92 Å². The van der Waals surface area contributed by atoms with Gasteiger partial charge in [0, 0.05) is 5.56 Å². The van der Waals surface area contributed by atoms with Gasteiger partial charge in [0.2, 0.25) is 8.32 Å². The molecule has 1 aliphatic heterocycles. The first kappa shape index (κ1) is 14.4. The van der Waals surface area contributed by atoms with Crippen molar-refractivity contribution in [2.45, 2.75) is 65.3 Å². The van der Waals surface area contributed by atoms with Gasteiger partial charge in [0.1, 0.15) is 17.1 Å². The lowest BCUT2D eigenvalue weighted by atomic mass is 9.85. The molecule has 0 amide bonds. The van der Waals surface area contributed by atoms with Gasteiger partial charge >= 0.3 is 0 Å². The van der Waals surface area contributed by atoms with Crippen LogP contribution >= 0.6 is 0 Å². The van der Waals surface area contributed by atoms with Gasteiger partial charge in [-0.3, -0.25) is 0 Å². The SMILES string of the molecule is Cc1cc2c(cc1O[Si](C)(C)C)C(C)CC(C)(C)O2. The number of benzene rings is 1. The van der Waals surface area contributed by atoms with Crippen molar-refractivity contribution in [2.75, 3.05) is 0 Å². The second-order valence-corrected chi connectivity index (χ2v) is 11.8. The molecule has 19 heavy (non-hydrogen) atoms. The molecule has 1 atom stereocenters. The molecule has 0 saturated heterocycles. The summed E-state index contributed by atoms with van der Waals surface area (Å²) in [5.74, 6) is 2.58. The summed E-state index contributed by atoms with van der Waals surface area (Å²) in [7, 11) is -1.57. The van der Waals surface area contributed by atoms with Gasteiger partial charge in [0.05, 0.1) is 0 Å². The third-order valence-electron chi connectivity index (χ3n) is 3.44. The molecule has 1 aliphatic rings. The Kier molecular flexibility index (Phi) is 3.46. The van der Waals surface area contributed by atoms with Crippen LogP contribution in [0.2, 0.25) is 19.6 Å². The maximum absolute atomic E-state index is 6.18. The molecule has 1 unspecified atom stereocenters. The minimum absolute atomic E-state index is 0.0694. The fourth-order valence-electron chi connectivity index (χ4n) is 2.78. The maximum atomic E-state index is 6.18. The molecule has 0 bridgehead atoms. The van der Waals surface area contributed by atoms with Crippen molar-refractivity contribution in [1.82, 2.24) is 0 Å². The minimum atomic E-state index is -1.57. The summed E-state index contributed by atoms with van der Waals surface area (Å²) in [5, 5.41) is 0. The summed E-state index contributed by atoms with van der Waals surface area (Å²) in [6, 6.07) is 4.34. The molecule has 1 aromatic carbocycles. The zero-order valence-corrected chi connectivity index (χ0v) is 14.3. The number of rotatable bonds is 2. The van der Waals surface area contributed by atoms with Crippen LogP contribution in [0, 0.1) is 6.92 Å². The van der Waals surface area contributed by atoms with Crippen LogP contribution < -0.4 is 9.16 Å². The molecule has 1 aromatic rings. The largest absolute Gasteiger partial charge is 0.544 e. The van der Waals surface area contributed by atoms with Crippen LogP contribution in [0.3, 0.4) is 0 Å². The van der Waals surface area contributed by atoms with E-state index in [1.165, 1.54) is 11.1 Å². The molecule has 0 aliphatic carbocycles. The monoisotopic (exact) mass is 278 g/mol. The highest BCUT2D eigenvalue weighted by Crippen LogP contribution is 2.43. The molecule has 0 spiro atoms. The van der Waals surface area contributed by atoms with Gasteiger partial charge in [0.25, 0.3) is 0 Å². The van der Waals surface area contributed by atoms with Crippen molar-refractivity contribution in [1.29, 1.82) is 0 Å². The van der Waals surface area contributed by atoms with E-state index in [1.807, 2.05) is 0 Å². The normalized spacial score (nSPS) is 21.5. The van der Waals surface area contributed by atoms with Gasteiger partial charge < -0.3 is 9.16 Å². The summed E-state index contributed by atoms with van der Waals surface area (Å²) in [5.41, 5.74) is 2.39. The molecule has 0 radical (unpaired) electrons. The van der Waals surface area contributed by atoms with Crippen LogP contribution in [0.25, 0.3) is 0 Å². The van der Waals surface area contributed by atoms with E-state index in [2.05, 4.69) is 59.5 Å². The van der Waals surface area contributed by atoms with Gasteiger partial charge in [0.15, 0.2) is 0 Å². The first-order valence-corrected chi connectivity index (χ1v) is 10.5. The van der Waals surface area contributed by atoms with Gasteiger partial charge in [-0.05, 0) is 70.4 Å². The highest BCUT2D eigenvalue weighted by molar-refractivity contribution is 6.70. The lowest BCUT2D eigenvalue weighted by Gasteiger charge is -2.37. The molecular weight excluding hydrogens is 252 g/mol. The van der Waals surface area contributed by atoms with E-state index in [9.17, 15) is 0 Å². The quantitative estimate of drug-likeness (QED) is 0.718. The Hall–Kier alpha value is -0.963. The van der Waals surface area contributed by atoms with E-state index in [0.717, 1.165) is 17.9 Å². The summed E-state index contributed by atoms with van der Waals surface area (Å²) in [4.78, 5) is 0. The Bertz CT molecular complexity index is 486. The number of ether oxygens (including phenoxy) is 1. The third kappa shape index (κ3) is 3.33. The number of fused-ring (bicyclic) bond motifs is 1. The molecule has 0 aromatic heterocycles. The predicted molar refractivity (Wildman–Crippen MR) is 82.9 cm³/mol. The lowest BCUT2D eigenvalue weighted by molar-refractivity contribution is 0.0744. The molecule has 2 nitrogen and oxygen atoms in total. The highest BCUT2D eigenvalue weighted by Gasteiger charge is 2.32. The average molecular weight is 278 g/mol. The minimum Gasteiger partial charge on any atom is -0.544 e. The molecule has 0 N–H and O–H groups in total. The number of aryl methyl sites for hydroxylation is 1. The highest BCUT2D eigenvalue weighted by atomic mass is 28.4. The molecule has 0 saturated carbocycles. The van der Waals surface area contributed by atoms with Crippen molar-refractivity contribution < 1.29 is 9.16 Å². The fraction of sp³-hybridized carbons (Fsp3) is 0.625. The molecule has 2 rings (SSSR count). The Morgan fingerprint density at radius 1 is 1.26 bits per heavy atom. The fourth-order valence-corrected chi connectivity index (χ4v) is 3.66. The molecular formula is C16H26O2Si. The van der Waals surface area contributed by atoms with E-state index >= 15 is 0 Å². The smallest absolute Gasteiger partial charge is 0.242 e. The molecule has 0 fully saturated rings. The van der Waals surface area contributed by atoms with Crippen molar-refractivity contribution in [3.63, 3.8) is 0 Å². The third-order valence-corrected chi connectivity index (χ3v) is 4.27. The summed E-state index contributed by atoms with van der Waals surface area (Å²) < 4.78 is 12.3. The lowest BCUT2D eigenvalue weighted by Crippen LogP contribution is -2.34. The first-order valence-electron chi connectivity index (χ1n) is 7.10. The van der Waals surface area contributed by atoms with Crippen molar-refractivity contribution >= 4 is 8.32 Å². The van der Waals surface area contributed by atoms with E-state index in [1.54, 1.807) is 0 Å². The molecule has 106 valence electrons. The second kappa shape index (κ2) is 4.55. The van der Waals surface area contributed by atoms with Gasteiger partial charge in [-0.1, -0.05) is 6.92 Å². The van der Waals surface area contributed by atoms with Gasteiger partial charge in [-0.15, -0.1) is 0 Å². The van der Waals surface area contributed by atoms with Crippen LogP contribution in [-0.4, -0.2) is 13.9 Å². The van der Waals surface area contributed by atoms with Crippen molar-refractivity contribution in [3.05, 3.63) is 23.3 Å². The number of hydrogen-bond donors (Lipinski definition) is 0. The summed E-state index contributed by atoms with van der Waals surface area (Å²) >= 11 is 0. The zero-order chi connectivity index (χ0) is 14.4. The van der Waals surface area contributed by atoms with Crippen LogP contribution in [0.5, 0.6) is 11.5 Å². The van der Waals surface area contributed by atoms with Crippen LogP contribution in [0.15, 0.2) is 12.1 Å². The Labute approximate surface area is 118 Å². The number of hydrogen-bond acceptors (Lipinski definition) is 2. The molecule has 1 heterocycles. The average Bonchev–Trinajstić information content (AvgIpc) is 2.16. The Morgan fingerprint density at radius 3 is 2.47 bits per heavy atom. The maximum Gasteiger partial charge on any atom is 0.242 e. The predicted octanol–water partition coefficient (Wildman–Crippen LogP) is 4.87. The van der Waals surface area contributed by atoms with Crippen molar-refractivity contribution in [3.8, 4) is 11.5 Å². The van der Waals surface area contributed by atoms with E-state index in [4.69, 9.17) is 9.16 Å². The van der Waals surface area contributed by atoms with Gasteiger partial charge in [-0.25, -0.2) is 0 Å². The molecule has 3 heteroatoms. The summed E-state index contributed by atoms with van der Waals surface area (Å²) in [6.45, 7) is 15.4. The Balaban J connectivity index is 2.41. The standard InChI is InChI=1S/C16H26O2Si/c1-11-8-15-13(9-14(11)18-19(5,6)7)12(2)10-16(3,4)17-15/h8-9,12H,10H2,1-7H3. The Morgan fingerprint density at radius 2 is 1.89 bits per heavy atom. The topological polar surface area (TPSA) is 18.5 Å². The van der Waals surface area contributed by atoms with Gasteiger partial charge in [-0.2, -0.15) is 0 Å². The zero-order valence-electron chi connectivity index (χ0n) is 13.3. The second-order valence-electron chi connectivity index (χ2n) is 7.34. The van der Waals surface area contributed by atoms with E-state index in [-0.39, 0.29) is 5.60 Å². The summed E-state index contributed by atoms with van der Waals surface area (Å²) in [6.07, 6.45) is 1.05. The van der Waals surface area contributed by atoms with E-state index < -0.39 is 8.32 Å². The first-order chi connectivity index (χ1) is 8.57.